The number of para-hydroxylation sites is 1. The lowest BCUT2D eigenvalue weighted by molar-refractivity contribution is 0.322. The summed E-state index contributed by atoms with van der Waals surface area (Å²) >= 11 is 0. The highest BCUT2D eigenvalue weighted by atomic mass is 35.5. The minimum Gasteiger partial charge on any atom is -0.492 e. The van der Waals surface area contributed by atoms with Gasteiger partial charge in [0.25, 0.3) is 0 Å². The Balaban J connectivity index is 0.00000169. The maximum Gasteiger partial charge on any atom is 0.185 e. The van der Waals surface area contributed by atoms with Gasteiger partial charge in [0.05, 0.1) is 6.54 Å². The second-order valence-electron chi connectivity index (χ2n) is 2.50. The summed E-state index contributed by atoms with van der Waals surface area (Å²) in [7, 11) is 0. The molecule has 0 heterocycles. The first kappa shape index (κ1) is 12.6. The zero-order valence-corrected chi connectivity index (χ0v) is 8.51. The lowest BCUT2D eigenvalue weighted by Crippen LogP contribution is -2.33. The van der Waals surface area contributed by atoms with E-state index in [0.29, 0.717) is 13.2 Å². The highest BCUT2D eigenvalue weighted by Gasteiger charge is 1.90. The fraction of sp³-hybridized carbons (Fsp3) is 0.222. The van der Waals surface area contributed by atoms with Crippen molar-refractivity contribution in [2.45, 2.75) is 0 Å². The summed E-state index contributed by atoms with van der Waals surface area (Å²) < 4.78 is 5.34. The molecule has 0 amide bonds. The molecule has 0 aliphatic carbocycles. The van der Waals surface area contributed by atoms with Crippen LogP contribution in [0.2, 0.25) is 0 Å². The molecule has 4 N–H and O–H groups in total. The van der Waals surface area contributed by atoms with E-state index in [1.54, 1.807) is 0 Å². The van der Waals surface area contributed by atoms with Gasteiger partial charge in [-0.2, -0.15) is 0 Å². The van der Waals surface area contributed by atoms with Crippen LogP contribution >= 0.6 is 12.4 Å². The molecule has 0 unspecified atom stereocenters. The van der Waals surface area contributed by atoms with E-state index in [9.17, 15) is 0 Å². The summed E-state index contributed by atoms with van der Waals surface area (Å²) in [6.45, 7) is 1.05. The van der Waals surface area contributed by atoms with Gasteiger partial charge in [0.2, 0.25) is 0 Å². The Morgan fingerprint density at radius 3 is 2.57 bits per heavy atom. The van der Waals surface area contributed by atoms with E-state index in [-0.39, 0.29) is 18.4 Å². The molecule has 0 saturated heterocycles. The van der Waals surface area contributed by atoms with E-state index in [4.69, 9.17) is 15.9 Å². The molecule has 1 rings (SSSR count). The molecule has 78 valence electrons. The standard InChI is InChI=1S/C9H13N3O.ClH/c10-9(11)12-6-7-13-8-4-2-1-3-5-8;/h1-5H,6-7H2,(H4,10,11,12);1H. The number of benzene rings is 1. The molecule has 0 aromatic heterocycles. The lowest BCUT2D eigenvalue weighted by Gasteiger charge is -2.06. The Hall–Kier alpha value is -1.42. The van der Waals surface area contributed by atoms with E-state index in [1.165, 1.54) is 0 Å². The van der Waals surface area contributed by atoms with Gasteiger partial charge in [0.15, 0.2) is 5.96 Å². The Morgan fingerprint density at radius 1 is 1.36 bits per heavy atom. The zero-order chi connectivity index (χ0) is 9.52. The molecule has 0 radical (unpaired) electrons. The predicted octanol–water partition coefficient (Wildman–Crippen LogP) is 0.970. The van der Waals surface area contributed by atoms with Crippen LogP contribution in [0.5, 0.6) is 5.75 Å². The van der Waals surface area contributed by atoms with Crippen LogP contribution in [0.15, 0.2) is 30.3 Å². The summed E-state index contributed by atoms with van der Waals surface area (Å²) in [6, 6.07) is 9.52. The van der Waals surface area contributed by atoms with Crippen LogP contribution in [-0.4, -0.2) is 19.1 Å². The molecule has 4 nitrogen and oxygen atoms in total. The summed E-state index contributed by atoms with van der Waals surface area (Å²) in [5, 5.41) is 9.54. The van der Waals surface area contributed by atoms with Gasteiger partial charge in [-0.3, -0.25) is 5.41 Å². The smallest absolute Gasteiger partial charge is 0.185 e. The summed E-state index contributed by atoms with van der Waals surface area (Å²) in [4.78, 5) is 0. The summed E-state index contributed by atoms with van der Waals surface area (Å²) in [5.41, 5.74) is 5.09. The van der Waals surface area contributed by atoms with Crippen LogP contribution in [-0.2, 0) is 0 Å². The molecule has 0 spiro atoms. The van der Waals surface area contributed by atoms with Crippen LogP contribution in [0.4, 0.5) is 0 Å². The fourth-order valence-electron chi connectivity index (χ4n) is 0.871. The first-order valence-electron chi connectivity index (χ1n) is 4.05. The number of hydrogen-bond acceptors (Lipinski definition) is 2. The van der Waals surface area contributed by atoms with Crippen molar-refractivity contribution in [3.05, 3.63) is 30.3 Å². The second-order valence-corrected chi connectivity index (χ2v) is 2.50. The lowest BCUT2D eigenvalue weighted by atomic mass is 10.3. The van der Waals surface area contributed by atoms with Gasteiger partial charge in [-0.25, -0.2) is 0 Å². The van der Waals surface area contributed by atoms with Crippen molar-refractivity contribution in [1.82, 2.24) is 5.32 Å². The molecule has 0 fully saturated rings. The topological polar surface area (TPSA) is 71.1 Å². The van der Waals surface area contributed by atoms with Crippen molar-refractivity contribution in [1.29, 1.82) is 5.41 Å². The molecular weight excluding hydrogens is 202 g/mol. The monoisotopic (exact) mass is 215 g/mol. The Kier molecular flexibility index (Phi) is 6.32. The average molecular weight is 216 g/mol. The highest BCUT2D eigenvalue weighted by molar-refractivity contribution is 5.85. The summed E-state index contributed by atoms with van der Waals surface area (Å²) in [5.74, 6) is 0.796. The van der Waals surface area contributed by atoms with Gasteiger partial charge in [-0.15, -0.1) is 12.4 Å². The Labute approximate surface area is 89.4 Å². The van der Waals surface area contributed by atoms with Crippen molar-refractivity contribution < 1.29 is 4.74 Å². The third kappa shape index (κ3) is 5.27. The van der Waals surface area contributed by atoms with Gasteiger partial charge in [0, 0.05) is 0 Å². The maximum atomic E-state index is 6.89. The minimum absolute atomic E-state index is 0. The van der Waals surface area contributed by atoms with Gasteiger partial charge >= 0.3 is 0 Å². The first-order valence-corrected chi connectivity index (χ1v) is 4.05. The predicted molar refractivity (Wildman–Crippen MR) is 59.1 cm³/mol. The Bertz CT molecular complexity index is 266. The fourth-order valence-corrected chi connectivity index (χ4v) is 0.871. The largest absolute Gasteiger partial charge is 0.492 e. The van der Waals surface area contributed by atoms with Crippen molar-refractivity contribution in [2.75, 3.05) is 13.2 Å². The molecule has 1 aromatic rings. The van der Waals surface area contributed by atoms with Crippen molar-refractivity contribution in [3.63, 3.8) is 0 Å². The Morgan fingerprint density at radius 2 is 2.00 bits per heavy atom. The van der Waals surface area contributed by atoms with Gasteiger partial charge in [0.1, 0.15) is 12.4 Å². The molecule has 0 saturated carbocycles. The van der Waals surface area contributed by atoms with Gasteiger partial charge in [-0.05, 0) is 12.1 Å². The third-order valence-corrected chi connectivity index (χ3v) is 1.43. The van der Waals surface area contributed by atoms with Crippen LogP contribution in [0.3, 0.4) is 0 Å². The van der Waals surface area contributed by atoms with E-state index >= 15 is 0 Å². The molecule has 0 aliphatic rings. The third-order valence-electron chi connectivity index (χ3n) is 1.43. The van der Waals surface area contributed by atoms with E-state index < -0.39 is 0 Å². The number of hydrogen-bond donors (Lipinski definition) is 3. The van der Waals surface area contributed by atoms with E-state index in [1.807, 2.05) is 30.3 Å². The van der Waals surface area contributed by atoms with Crippen LogP contribution < -0.4 is 15.8 Å². The average Bonchev–Trinajstić information content (AvgIpc) is 2.14. The van der Waals surface area contributed by atoms with Crippen LogP contribution in [0.1, 0.15) is 0 Å². The second kappa shape index (κ2) is 7.03. The maximum absolute atomic E-state index is 6.89. The zero-order valence-electron chi connectivity index (χ0n) is 7.69. The van der Waals surface area contributed by atoms with Crippen LogP contribution in [0.25, 0.3) is 0 Å². The molecule has 5 heteroatoms. The normalized spacial score (nSPS) is 8.57. The van der Waals surface area contributed by atoms with Gasteiger partial charge < -0.3 is 15.8 Å². The number of ether oxygens (including phenoxy) is 1. The molecular formula is C9H14ClN3O. The van der Waals surface area contributed by atoms with Crippen molar-refractivity contribution >= 4 is 18.4 Å². The van der Waals surface area contributed by atoms with E-state index in [0.717, 1.165) is 5.75 Å². The SMILES string of the molecule is Cl.N=C(N)NCCOc1ccccc1. The van der Waals surface area contributed by atoms with Crippen LogP contribution in [0, 0.1) is 5.41 Å². The summed E-state index contributed by atoms with van der Waals surface area (Å²) in [6.07, 6.45) is 0. The number of halogens is 1. The number of rotatable bonds is 4. The number of nitrogens with two attached hydrogens (primary N) is 1. The number of guanidine groups is 1. The molecule has 14 heavy (non-hydrogen) atoms. The molecule has 1 aromatic carbocycles. The van der Waals surface area contributed by atoms with Gasteiger partial charge in [-0.1, -0.05) is 18.2 Å². The van der Waals surface area contributed by atoms with E-state index in [2.05, 4.69) is 5.32 Å². The minimum atomic E-state index is -0.0309. The quantitative estimate of drug-likeness (QED) is 0.398. The molecule has 0 bridgehead atoms. The molecule has 0 atom stereocenters. The van der Waals surface area contributed by atoms with Crippen molar-refractivity contribution in [2.24, 2.45) is 5.73 Å². The highest BCUT2D eigenvalue weighted by Crippen LogP contribution is 2.07. The number of nitrogens with one attached hydrogen (secondary N) is 2. The van der Waals surface area contributed by atoms with Crippen molar-refractivity contribution in [3.8, 4) is 5.75 Å². The first-order chi connectivity index (χ1) is 6.29. The molecule has 0 aliphatic heterocycles.